The maximum absolute atomic E-state index is 12.6. The molecule has 0 aliphatic carbocycles. The SMILES string of the molecule is CC(C)(C)NCc1nnc(N2CCC(C(F)(F)F)CC2)o1. The molecule has 1 aliphatic heterocycles. The van der Waals surface area contributed by atoms with Gasteiger partial charge in [-0.25, -0.2) is 0 Å². The number of anilines is 1. The van der Waals surface area contributed by atoms with E-state index in [-0.39, 0.29) is 18.4 Å². The molecule has 2 rings (SSSR count). The average molecular weight is 306 g/mol. The first-order chi connectivity index (χ1) is 9.65. The molecule has 1 fully saturated rings. The molecule has 0 radical (unpaired) electrons. The molecule has 0 unspecified atom stereocenters. The van der Waals surface area contributed by atoms with Crippen LogP contribution in [0.25, 0.3) is 0 Å². The van der Waals surface area contributed by atoms with Crippen molar-refractivity contribution in [2.24, 2.45) is 5.92 Å². The van der Waals surface area contributed by atoms with Gasteiger partial charge in [0.15, 0.2) is 0 Å². The highest BCUT2D eigenvalue weighted by Crippen LogP contribution is 2.35. The third-order valence-corrected chi connectivity index (χ3v) is 3.45. The van der Waals surface area contributed by atoms with Gasteiger partial charge in [0.25, 0.3) is 0 Å². The van der Waals surface area contributed by atoms with E-state index in [4.69, 9.17) is 4.42 Å². The minimum Gasteiger partial charge on any atom is -0.407 e. The van der Waals surface area contributed by atoms with Crippen molar-refractivity contribution in [3.05, 3.63) is 5.89 Å². The van der Waals surface area contributed by atoms with Crippen molar-refractivity contribution in [1.82, 2.24) is 15.5 Å². The first-order valence-electron chi connectivity index (χ1n) is 7.04. The van der Waals surface area contributed by atoms with Gasteiger partial charge in [-0.15, -0.1) is 5.10 Å². The van der Waals surface area contributed by atoms with E-state index in [1.165, 1.54) is 0 Å². The third kappa shape index (κ3) is 4.59. The van der Waals surface area contributed by atoms with Gasteiger partial charge in [0.05, 0.1) is 12.5 Å². The fraction of sp³-hybridized carbons (Fsp3) is 0.846. The van der Waals surface area contributed by atoms with Gasteiger partial charge in [-0.3, -0.25) is 0 Å². The largest absolute Gasteiger partial charge is 0.407 e. The molecule has 1 aromatic rings. The summed E-state index contributed by atoms with van der Waals surface area (Å²) in [5.74, 6) is -0.781. The molecule has 1 aromatic heterocycles. The van der Waals surface area contributed by atoms with Crippen molar-refractivity contribution in [3.8, 4) is 0 Å². The van der Waals surface area contributed by atoms with E-state index in [0.717, 1.165) is 0 Å². The van der Waals surface area contributed by atoms with E-state index in [1.807, 2.05) is 20.8 Å². The molecular formula is C13H21F3N4O. The Balaban J connectivity index is 1.88. The number of nitrogens with zero attached hydrogens (tertiary/aromatic N) is 3. The van der Waals surface area contributed by atoms with Gasteiger partial charge >= 0.3 is 12.2 Å². The van der Waals surface area contributed by atoms with E-state index in [2.05, 4.69) is 15.5 Å². The molecule has 0 amide bonds. The zero-order chi connectivity index (χ0) is 15.7. The van der Waals surface area contributed by atoms with Crippen molar-refractivity contribution < 1.29 is 17.6 Å². The average Bonchev–Trinajstić information content (AvgIpc) is 2.83. The molecule has 120 valence electrons. The summed E-state index contributed by atoms with van der Waals surface area (Å²) >= 11 is 0. The van der Waals surface area contributed by atoms with E-state index in [9.17, 15) is 13.2 Å². The van der Waals surface area contributed by atoms with Crippen LogP contribution in [-0.4, -0.2) is 35.0 Å². The van der Waals surface area contributed by atoms with Crippen molar-refractivity contribution in [2.45, 2.75) is 51.9 Å². The molecule has 0 bridgehead atoms. The second kappa shape index (κ2) is 5.82. The molecule has 0 saturated carbocycles. The Morgan fingerprint density at radius 1 is 1.19 bits per heavy atom. The van der Waals surface area contributed by atoms with Crippen LogP contribution in [0.1, 0.15) is 39.5 Å². The van der Waals surface area contributed by atoms with Crippen molar-refractivity contribution in [3.63, 3.8) is 0 Å². The van der Waals surface area contributed by atoms with Crippen LogP contribution in [0.15, 0.2) is 4.42 Å². The fourth-order valence-corrected chi connectivity index (χ4v) is 2.18. The summed E-state index contributed by atoms with van der Waals surface area (Å²) in [6, 6.07) is 0.307. The van der Waals surface area contributed by atoms with Gasteiger partial charge in [-0.05, 0) is 33.6 Å². The van der Waals surface area contributed by atoms with Crippen molar-refractivity contribution >= 4 is 6.01 Å². The van der Waals surface area contributed by atoms with Crippen LogP contribution in [0.5, 0.6) is 0 Å². The molecule has 5 nitrogen and oxygen atoms in total. The number of piperidine rings is 1. The minimum absolute atomic E-state index is 0.0698. The summed E-state index contributed by atoms with van der Waals surface area (Å²) in [7, 11) is 0. The lowest BCUT2D eigenvalue weighted by atomic mass is 9.97. The van der Waals surface area contributed by atoms with Gasteiger partial charge in [-0.2, -0.15) is 13.2 Å². The number of halogens is 3. The molecule has 1 N–H and O–H groups in total. The Hall–Kier alpha value is -1.31. The third-order valence-electron chi connectivity index (χ3n) is 3.45. The maximum Gasteiger partial charge on any atom is 0.391 e. The summed E-state index contributed by atoms with van der Waals surface area (Å²) in [4.78, 5) is 1.72. The molecular weight excluding hydrogens is 285 g/mol. The number of nitrogens with one attached hydrogen (secondary N) is 1. The zero-order valence-corrected chi connectivity index (χ0v) is 12.5. The normalized spacial score (nSPS) is 18.3. The fourth-order valence-electron chi connectivity index (χ4n) is 2.18. The number of aromatic nitrogens is 2. The summed E-state index contributed by atoms with van der Waals surface area (Å²) in [5, 5.41) is 11.1. The predicted octanol–water partition coefficient (Wildman–Crippen LogP) is 2.74. The second-order valence-electron chi connectivity index (χ2n) is 6.38. The van der Waals surface area contributed by atoms with Crippen LogP contribution in [0.2, 0.25) is 0 Å². The van der Waals surface area contributed by atoms with E-state index < -0.39 is 12.1 Å². The van der Waals surface area contributed by atoms with Gasteiger partial charge in [0, 0.05) is 18.6 Å². The van der Waals surface area contributed by atoms with E-state index >= 15 is 0 Å². The predicted molar refractivity (Wildman–Crippen MR) is 71.9 cm³/mol. The van der Waals surface area contributed by atoms with Crippen molar-refractivity contribution in [1.29, 1.82) is 0 Å². The second-order valence-corrected chi connectivity index (χ2v) is 6.38. The monoisotopic (exact) mass is 306 g/mol. The Morgan fingerprint density at radius 2 is 1.81 bits per heavy atom. The van der Waals surface area contributed by atoms with Gasteiger partial charge in [0.1, 0.15) is 0 Å². The summed E-state index contributed by atoms with van der Waals surface area (Å²) in [5.41, 5.74) is -0.0698. The van der Waals surface area contributed by atoms with E-state index in [0.29, 0.717) is 31.5 Å². The Morgan fingerprint density at radius 3 is 2.33 bits per heavy atom. The zero-order valence-electron chi connectivity index (χ0n) is 12.5. The highest BCUT2D eigenvalue weighted by Gasteiger charge is 2.41. The topological polar surface area (TPSA) is 54.2 Å². The minimum atomic E-state index is -4.11. The molecule has 0 atom stereocenters. The maximum atomic E-state index is 12.6. The number of hydrogen-bond acceptors (Lipinski definition) is 5. The summed E-state index contributed by atoms with van der Waals surface area (Å²) in [6.07, 6.45) is -3.97. The van der Waals surface area contributed by atoms with Gasteiger partial charge in [-0.1, -0.05) is 5.10 Å². The van der Waals surface area contributed by atoms with Crippen LogP contribution >= 0.6 is 0 Å². The lowest BCUT2D eigenvalue weighted by Gasteiger charge is -2.31. The van der Waals surface area contributed by atoms with Crippen LogP contribution in [0, 0.1) is 5.92 Å². The summed E-state index contributed by atoms with van der Waals surface area (Å²) in [6.45, 7) is 7.08. The molecule has 1 saturated heterocycles. The molecule has 21 heavy (non-hydrogen) atoms. The highest BCUT2D eigenvalue weighted by atomic mass is 19.4. The lowest BCUT2D eigenvalue weighted by molar-refractivity contribution is -0.179. The van der Waals surface area contributed by atoms with Crippen LogP contribution in [0.4, 0.5) is 19.2 Å². The van der Waals surface area contributed by atoms with Gasteiger partial charge < -0.3 is 14.6 Å². The molecule has 0 spiro atoms. The first-order valence-corrected chi connectivity index (χ1v) is 7.04. The standard InChI is InChI=1S/C13H21F3N4O/c1-12(2,3)17-8-10-18-19-11(21-10)20-6-4-9(5-7-20)13(14,15)16/h9,17H,4-8H2,1-3H3. The van der Waals surface area contributed by atoms with Crippen molar-refractivity contribution in [2.75, 3.05) is 18.0 Å². The Kier molecular flexibility index (Phi) is 4.46. The number of alkyl halides is 3. The summed E-state index contributed by atoms with van der Waals surface area (Å²) < 4.78 is 43.3. The quantitative estimate of drug-likeness (QED) is 0.930. The highest BCUT2D eigenvalue weighted by molar-refractivity contribution is 5.24. The molecule has 0 aromatic carbocycles. The molecule has 8 heteroatoms. The van der Waals surface area contributed by atoms with Gasteiger partial charge in [0.2, 0.25) is 5.89 Å². The first kappa shape index (κ1) is 16.1. The Bertz CT molecular complexity index is 459. The molecule has 1 aliphatic rings. The lowest BCUT2D eigenvalue weighted by Crippen LogP contribution is -2.39. The molecule has 2 heterocycles. The number of rotatable bonds is 3. The Labute approximate surface area is 121 Å². The van der Waals surface area contributed by atoms with Crippen LogP contribution < -0.4 is 10.2 Å². The smallest absolute Gasteiger partial charge is 0.391 e. The van der Waals surface area contributed by atoms with Crippen LogP contribution in [-0.2, 0) is 6.54 Å². The van der Waals surface area contributed by atoms with E-state index in [1.54, 1.807) is 4.90 Å². The van der Waals surface area contributed by atoms with Crippen LogP contribution in [0.3, 0.4) is 0 Å². The number of hydrogen-bond donors (Lipinski definition) is 1.